The smallest absolute Gasteiger partial charge is 0.320 e. The van der Waals surface area contributed by atoms with Crippen molar-refractivity contribution in [2.24, 2.45) is 5.73 Å². The second-order valence-corrected chi connectivity index (χ2v) is 6.28. The second kappa shape index (κ2) is 5.99. The molecule has 0 aromatic heterocycles. The number of likely N-dealkylation sites (tertiary alicyclic amines) is 1. The number of carbonyl (C=O) groups is 1. The zero-order chi connectivity index (χ0) is 14.8. The van der Waals surface area contributed by atoms with Crippen LogP contribution in [0.3, 0.4) is 0 Å². The highest BCUT2D eigenvalue weighted by molar-refractivity contribution is 5.86. The van der Waals surface area contributed by atoms with Crippen molar-refractivity contribution >= 4 is 11.9 Å². The van der Waals surface area contributed by atoms with E-state index in [0.29, 0.717) is 0 Å². The van der Waals surface area contributed by atoms with E-state index in [2.05, 4.69) is 4.90 Å². The van der Waals surface area contributed by atoms with E-state index in [-0.39, 0.29) is 11.9 Å². The minimum absolute atomic E-state index is 0.185. The number of piperazine rings is 1. The number of urea groups is 1. The molecule has 0 aromatic carbocycles. The first kappa shape index (κ1) is 15.1. The van der Waals surface area contributed by atoms with Crippen molar-refractivity contribution < 1.29 is 4.79 Å². The predicted molar refractivity (Wildman–Crippen MR) is 80.0 cm³/mol. The Balaban J connectivity index is 1.87. The Morgan fingerprint density at radius 3 is 1.95 bits per heavy atom. The lowest BCUT2D eigenvalue weighted by Gasteiger charge is -2.44. The highest BCUT2D eigenvalue weighted by Gasteiger charge is 2.34. The van der Waals surface area contributed by atoms with Gasteiger partial charge >= 0.3 is 6.03 Å². The fourth-order valence-electron chi connectivity index (χ4n) is 2.91. The molecule has 114 valence electrons. The monoisotopic (exact) mass is 281 g/mol. The lowest BCUT2D eigenvalue weighted by Crippen LogP contribution is -2.61. The molecule has 0 unspecified atom stereocenters. The summed E-state index contributed by atoms with van der Waals surface area (Å²) < 4.78 is 0. The topological polar surface area (TPSA) is 76.7 Å². The van der Waals surface area contributed by atoms with Crippen molar-refractivity contribution in [3.8, 4) is 0 Å². The molecule has 0 radical (unpaired) electrons. The Kier molecular flexibility index (Phi) is 4.52. The van der Waals surface area contributed by atoms with E-state index in [1.54, 1.807) is 0 Å². The molecule has 0 spiro atoms. The summed E-state index contributed by atoms with van der Waals surface area (Å²) in [5.74, 6) is 0.188. The molecule has 2 aliphatic heterocycles. The lowest BCUT2D eigenvalue weighted by molar-refractivity contribution is 0.0793. The summed E-state index contributed by atoms with van der Waals surface area (Å²) in [6.07, 6.45) is 3.50. The number of amides is 2. The van der Waals surface area contributed by atoms with Gasteiger partial charge in [-0.05, 0) is 33.1 Å². The number of hydrogen-bond acceptors (Lipinski definition) is 3. The van der Waals surface area contributed by atoms with Crippen LogP contribution in [0.25, 0.3) is 0 Å². The molecule has 0 aromatic rings. The van der Waals surface area contributed by atoms with Crippen LogP contribution in [0.4, 0.5) is 4.79 Å². The third-order valence-electron chi connectivity index (χ3n) is 4.63. The first-order valence-electron chi connectivity index (χ1n) is 7.56. The lowest BCUT2D eigenvalue weighted by atomic mass is 10.0. The Labute approximate surface area is 121 Å². The van der Waals surface area contributed by atoms with Crippen molar-refractivity contribution in [2.45, 2.75) is 38.6 Å². The second-order valence-electron chi connectivity index (χ2n) is 6.28. The molecule has 2 rings (SSSR count). The van der Waals surface area contributed by atoms with Crippen molar-refractivity contribution in [3.05, 3.63) is 0 Å². The minimum atomic E-state index is -0.416. The number of amidine groups is 1. The van der Waals surface area contributed by atoms with Gasteiger partial charge in [-0.1, -0.05) is 0 Å². The molecular formula is C14H27N5O. The van der Waals surface area contributed by atoms with Gasteiger partial charge in [0.1, 0.15) is 5.84 Å². The molecule has 20 heavy (non-hydrogen) atoms. The zero-order valence-electron chi connectivity index (χ0n) is 12.7. The number of nitrogens with one attached hydrogen (secondary N) is 1. The van der Waals surface area contributed by atoms with E-state index in [0.717, 1.165) is 52.1 Å². The van der Waals surface area contributed by atoms with E-state index >= 15 is 0 Å². The first-order chi connectivity index (χ1) is 9.43. The molecule has 2 amide bonds. The molecule has 6 heteroatoms. The number of nitrogens with two attached hydrogens (primary N) is 1. The zero-order valence-corrected chi connectivity index (χ0v) is 12.7. The Hall–Kier alpha value is -1.30. The van der Waals surface area contributed by atoms with Gasteiger partial charge in [0.15, 0.2) is 0 Å². The summed E-state index contributed by atoms with van der Waals surface area (Å²) >= 11 is 0. The number of piperidine rings is 1. The van der Waals surface area contributed by atoms with Gasteiger partial charge in [-0.15, -0.1) is 0 Å². The van der Waals surface area contributed by atoms with E-state index in [4.69, 9.17) is 11.1 Å². The van der Waals surface area contributed by atoms with Crippen molar-refractivity contribution in [1.29, 1.82) is 5.41 Å². The highest BCUT2D eigenvalue weighted by atomic mass is 16.2. The van der Waals surface area contributed by atoms with Gasteiger partial charge in [0.2, 0.25) is 0 Å². The number of carbonyl (C=O) groups excluding carboxylic acids is 1. The Morgan fingerprint density at radius 1 is 0.950 bits per heavy atom. The maximum atomic E-state index is 12.4. The highest BCUT2D eigenvalue weighted by Crippen LogP contribution is 2.18. The molecule has 0 aliphatic carbocycles. The third-order valence-corrected chi connectivity index (χ3v) is 4.63. The van der Waals surface area contributed by atoms with Gasteiger partial charge in [0, 0.05) is 39.3 Å². The third kappa shape index (κ3) is 3.06. The molecule has 2 aliphatic rings. The summed E-state index contributed by atoms with van der Waals surface area (Å²) in [6, 6.07) is 0.185. The summed E-state index contributed by atoms with van der Waals surface area (Å²) in [7, 11) is 0. The molecule has 2 saturated heterocycles. The first-order valence-corrected chi connectivity index (χ1v) is 7.56. The molecule has 2 heterocycles. The molecular weight excluding hydrogens is 254 g/mol. The quantitative estimate of drug-likeness (QED) is 0.584. The number of hydrogen-bond donors (Lipinski definition) is 2. The predicted octanol–water partition coefficient (Wildman–Crippen LogP) is 0.924. The van der Waals surface area contributed by atoms with Gasteiger partial charge < -0.3 is 15.5 Å². The van der Waals surface area contributed by atoms with E-state index < -0.39 is 5.54 Å². The summed E-state index contributed by atoms with van der Waals surface area (Å²) in [6.45, 7) is 8.77. The maximum Gasteiger partial charge on any atom is 0.320 e. The normalized spacial score (nSPS) is 21.9. The van der Waals surface area contributed by atoms with Gasteiger partial charge in [-0.2, -0.15) is 0 Å². The van der Waals surface area contributed by atoms with Crippen LogP contribution in [0.1, 0.15) is 33.1 Å². The molecule has 0 atom stereocenters. The summed E-state index contributed by atoms with van der Waals surface area (Å²) in [4.78, 5) is 18.5. The molecule has 6 nitrogen and oxygen atoms in total. The average Bonchev–Trinajstić information content (AvgIpc) is 2.47. The Morgan fingerprint density at radius 2 is 1.45 bits per heavy atom. The van der Waals surface area contributed by atoms with Gasteiger partial charge in [0.25, 0.3) is 0 Å². The van der Waals surface area contributed by atoms with Crippen LogP contribution in [-0.4, -0.2) is 71.4 Å². The van der Waals surface area contributed by atoms with Crippen LogP contribution in [0.15, 0.2) is 0 Å². The fourth-order valence-corrected chi connectivity index (χ4v) is 2.91. The van der Waals surface area contributed by atoms with Gasteiger partial charge in [-0.3, -0.25) is 10.3 Å². The summed E-state index contributed by atoms with van der Waals surface area (Å²) in [5.41, 5.74) is 5.25. The van der Waals surface area contributed by atoms with E-state index in [1.807, 2.05) is 23.6 Å². The molecule has 2 fully saturated rings. The average molecular weight is 281 g/mol. The standard InChI is InChI=1S/C14H27N5O/c1-14(2,12(15)16)19-10-8-18(9-11-19)13(20)17-6-4-3-5-7-17/h3-11H2,1-2H3,(H3,15,16). The minimum Gasteiger partial charge on any atom is -0.386 e. The van der Waals surface area contributed by atoms with Crippen LogP contribution < -0.4 is 5.73 Å². The molecule has 0 saturated carbocycles. The van der Waals surface area contributed by atoms with Crippen LogP contribution >= 0.6 is 0 Å². The van der Waals surface area contributed by atoms with Crippen LogP contribution in [0.2, 0.25) is 0 Å². The van der Waals surface area contributed by atoms with Crippen molar-refractivity contribution in [3.63, 3.8) is 0 Å². The van der Waals surface area contributed by atoms with Gasteiger partial charge in [0.05, 0.1) is 5.54 Å². The van der Waals surface area contributed by atoms with Crippen LogP contribution in [-0.2, 0) is 0 Å². The fraction of sp³-hybridized carbons (Fsp3) is 0.857. The number of rotatable bonds is 2. The van der Waals surface area contributed by atoms with E-state index in [9.17, 15) is 4.79 Å². The molecule has 3 N–H and O–H groups in total. The van der Waals surface area contributed by atoms with Crippen LogP contribution in [0.5, 0.6) is 0 Å². The largest absolute Gasteiger partial charge is 0.386 e. The van der Waals surface area contributed by atoms with Crippen molar-refractivity contribution in [2.75, 3.05) is 39.3 Å². The maximum absolute atomic E-state index is 12.4. The van der Waals surface area contributed by atoms with E-state index in [1.165, 1.54) is 6.42 Å². The van der Waals surface area contributed by atoms with Gasteiger partial charge in [-0.25, -0.2) is 4.79 Å². The SMILES string of the molecule is CC(C)(C(=N)N)N1CCN(C(=O)N2CCCCC2)CC1. The summed E-state index contributed by atoms with van der Waals surface area (Å²) in [5, 5.41) is 7.68. The number of nitrogens with zero attached hydrogens (tertiary/aromatic N) is 3. The van der Waals surface area contributed by atoms with Crippen LogP contribution in [0, 0.1) is 5.41 Å². The Bertz CT molecular complexity index is 368. The molecule has 0 bridgehead atoms. The van der Waals surface area contributed by atoms with Crippen molar-refractivity contribution in [1.82, 2.24) is 14.7 Å².